The van der Waals surface area contributed by atoms with Gasteiger partial charge in [0.2, 0.25) is 10.0 Å². The number of nitrogens with zero attached hydrogens (tertiary/aromatic N) is 6. The molecule has 4 rings (SSSR count). The van der Waals surface area contributed by atoms with Gasteiger partial charge in [-0.05, 0) is 57.4 Å². The van der Waals surface area contributed by atoms with E-state index in [2.05, 4.69) is 10.1 Å². The molecular weight excluding hydrogens is 428 g/mol. The molecule has 1 aliphatic rings. The van der Waals surface area contributed by atoms with Crippen LogP contribution in [0.5, 0.6) is 0 Å². The Kier molecular flexibility index (Phi) is 5.88. The number of piperidine rings is 1. The summed E-state index contributed by atoms with van der Waals surface area (Å²) in [6.07, 6.45) is 2.80. The van der Waals surface area contributed by atoms with Crippen LogP contribution in [0.15, 0.2) is 27.9 Å². The van der Waals surface area contributed by atoms with Crippen LogP contribution in [-0.2, 0) is 23.1 Å². The van der Waals surface area contributed by atoms with Crippen molar-refractivity contribution in [3.05, 3.63) is 51.2 Å². The Hall–Kier alpha value is -3.03. The van der Waals surface area contributed by atoms with Crippen molar-refractivity contribution in [1.82, 2.24) is 23.6 Å². The third kappa shape index (κ3) is 3.72. The van der Waals surface area contributed by atoms with Crippen LogP contribution in [0.3, 0.4) is 0 Å². The van der Waals surface area contributed by atoms with Crippen LogP contribution in [0.2, 0.25) is 0 Å². The fourth-order valence-corrected chi connectivity index (χ4v) is 5.73. The third-order valence-corrected chi connectivity index (χ3v) is 8.00. The van der Waals surface area contributed by atoms with Crippen molar-refractivity contribution in [3.63, 3.8) is 0 Å². The lowest BCUT2D eigenvalue weighted by atomic mass is 10.1. The van der Waals surface area contributed by atoms with Crippen molar-refractivity contribution in [3.8, 4) is 6.07 Å². The molecule has 0 bridgehead atoms. The second-order valence-corrected chi connectivity index (χ2v) is 9.99. The van der Waals surface area contributed by atoms with Gasteiger partial charge in [-0.2, -0.15) is 14.7 Å². The largest absolute Gasteiger partial charge is 0.327 e. The predicted octanol–water partition coefficient (Wildman–Crippen LogP) is 2.32. The molecule has 0 N–H and O–H groups in total. The van der Waals surface area contributed by atoms with Gasteiger partial charge in [-0.1, -0.05) is 6.42 Å². The molecule has 9 nitrogen and oxygen atoms in total. The second-order valence-electron chi connectivity index (χ2n) is 8.05. The smallest absolute Gasteiger partial charge is 0.285 e. The normalized spacial score (nSPS) is 15.2. The van der Waals surface area contributed by atoms with E-state index in [4.69, 9.17) is 0 Å². The number of sulfonamides is 1. The Morgan fingerprint density at radius 3 is 2.53 bits per heavy atom. The molecule has 10 heteroatoms. The van der Waals surface area contributed by atoms with Gasteiger partial charge in [0.25, 0.3) is 5.56 Å². The summed E-state index contributed by atoms with van der Waals surface area (Å²) in [5.74, 6) is 0.580. The predicted molar refractivity (Wildman–Crippen MR) is 120 cm³/mol. The number of aryl methyl sites for hydroxylation is 2. The molecule has 32 heavy (non-hydrogen) atoms. The van der Waals surface area contributed by atoms with Crippen LogP contribution in [0.25, 0.3) is 11.0 Å². The molecule has 0 saturated carbocycles. The number of aromatic nitrogens is 4. The van der Waals surface area contributed by atoms with Gasteiger partial charge < -0.3 is 4.57 Å². The molecule has 0 unspecified atom stereocenters. The molecule has 2 aromatic heterocycles. The monoisotopic (exact) mass is 454 g/mol. The number of benzene rings is 1. The average molecular weight is 455 g/mol. The lowest BCUT2D eigenvalue weighted by molar-refractivity contribution is 0.346. The maximum Gasteiger partial charge on any atom is 0.285 e. The summed E-state index contributed by atoms with van der Waals surface area (Å²) in [5, 5.41) is 13.7. The van der Waals surface area contributed by atoms with Gasteiger partial charge in [0.1, 0.15) is 24.0 Å². The minimum atomic E-state index is -3.57. The van der Waals surface area contributed by atoms with Crippen molar-refractivity contribution >= 4 is 21.1 Å². The van der Waals surface area contributed by atoms with Gasteiger partial charge >= 0.3 is 0 Å². The summed E-state index contributed by atoms with van der Waals surface area (Å²) in [6, 6.07) is 6.96. The molecule has 0 atom stereocenters. The van der Waals surface area contributed by atoms with E-state index in [1.54, 1.807) is 32.0 Å². The van der Waals surface area contributed by atoms with Crippen molar-refractivity contribution in [1.29, 1.82) is 5.26 Å². The Balaban J connectivity index is 1.77. The molecule has 0 amide bonds. The second kappa shape index (κ2) is 8.48. The van der Waals surface area contributed by atoms with E-state index in [1.165, 1.54) is 8.99 Å². The van der Waals surface area contributed by atoms with Crippen molar-refractivity contribution < 1.29 is 8.42 Å². The first kappa shape index (κ1) is 22.2. The quantitative estimate of drug-likeness (QED) is 0.585. The van der Waals surface area contributed by atoms with E-state index in [0.717, 1.165) is 24.8 Å². The minimum Gasteiger partial charge on any atom is -0.327 e. The maximum atomic E-state index is 13.1. The van der Waals surface area contributed by atoms with Crippen LogP contribution >= 0.6 is 0 Å². The SMILES string of the molecule is CCn1c(Cn2nc(C)c(C)c(C#N)c2=O)nc2cc(S(=O)(=O)N3CCCCC3)ccc21. The van der Waals surface area contributed by atoms with Crippen LogP contribution < -0.4 is 5.56 Å². The zero-order valence-electron chi connectivity index (χ0n) is 18.5. The third-order valence-electron chi connectivity index (χ3n) is 6.11. The van der Waals surface area contributed by atoms with Gasteiger partial charge in [0, 0.05) is 19.6 Å². The molecule has 0 radical (unpaired) electrons. The van der Waals surface area contributed by atoms with Crippen LogP contribution in [0.4, 0.5) is 0 Å². The van der Waals surface area contributed by atoms with Crippen LogP contribution in [0.1, 0.15) is 48.8 Å². The molecular formula is C22H26N6O3S. The first-order valence-corrected chi connectivity index (χ1v) is 12.2. The van der Waals surface area contributed by atoms with Gasteiger partial charge in [-0.25, -0.2) is 18.1 Å². The van der Waals surface area contributed by atoms with Gasteiger partial charge in [0.15, 0.2) is 0 Å². The molecule has 1 aromatic carbocycles. The van der Waals surface area contributed by atoms with Crippen molar-refractivity contribution in [2.45, 2.75) is 58.0 Å². The summed E-state index contributed by atoms with van der Waals surface area (Å²) in [4.78, 5) is 17.6. The molecule has 1 aliphatic heterocycles. The van der Waals surface area contributed by atoms with Crippen molar-refractivity contribution in [2.75, 3.05) is 13.1 Å². The lowest BCUT2D eigenvalue weighted by Gasteiger charge is -2.25. The number of imidazole rings is 1. The molecule has 3 heterocycles. The number of nitriles is 1. The lowest BCUT2D eigenvalue weighted by Crippen LogP contribution is -2.35. The Morgan fingerprint density at radius 2 is 1.88 bits per heavy atom. The molecule has 1 fully saturated rings. The average Bonchev–Trinajstić information content (AvgIpc) is 3.14. The highest BCUT2D eigenvalue weighted by atomic mass is 32.2. The Labute approximate surface area is 187 Å². The molecule has 0 spiro atoms. The Bertz CT molecular complexity index is 1390. The number of hydrogen-bond acceptors (Lipinski definition) is 6. The van der Waals surface area contributed by atoms with Gasteiger partial charge in [0.05, 0.1) is 21.6 Å². The zero-order chi connectivity index (χ0) is 23.0. The Morgan fingerprint density at radius 1 is 1.16 bits per heavy atom. The van der Waals surface area contributed by atoms with E-state index in [0.29, 0.717) is 42.2 Å². The first-order chi connectivity index (χ1) is 15.3. The first-order valence-electron chi connectivity index (χ1n) is 10.8. The summed E-state index contributed by atoms with van der Waals surface area (Å²) >= 11 is 0. The highest BCUT2D eigenvalue weighted by molar-refractivity contribution is 7.89. The minimum absolute atomic E-state index is 0.0755. The van der Waals surface area contributed by atoms with E-state index in [9.17, 15) is 18.5 Å². The summed E-state index contributed by atoms with van der Waals surface area (Å²) in [6.45, 7) is 7.18. The van der Waals surface area contributed by atoms with Gasteiger partial charge in [-0.3, -0.25) is 4.79 Å². The fraction of sp³-hybridized carbons (Fsp3) is 0.455. The highest BCUT2D eigenvalue weighted by Gasteiger charge is 2.27. The number of fused-ring (bicyclic) bond motifs is 1. The molecule has 0 aliphatic carbocycles. The molecule has 168 valence electrons. The molecule has 1 saturated heterocycles. The fourth-order valence-electron chi connectivity index (χ4n) is 4.19. The molecule has 3 aromatic rings. The summed E-state index contributed by atoms with van der Waals surface area (Å²) in [5.41, 5.74) is 2.14. The summed E-state index contributed by atoms with van der Waals surface area (Å²) < 4.78 is 30.9. The zero-order valence-corrected chi connectivity index (χ0v) is 19.3. The highest BCUT2D eigenvalue weighted by Crippen LogP contribution is 2.25. The van der Waals surface area contributed by atoms with Crippen LogP contribution in [0, 0.1) is 25.2 Å². The van der Waals surface area contributed by atoms with Crippen molar-refractivity contribution in [2.24, 2.45) is 0 Å². The van der Waals surface area contributed by atoms with E-state index in [1.807, 2.05) is 17.6 Å². The van der Waals surface area contributed by atoms with E-state index < -0.39 is 15.6 Å². The van der Waals surface area contributed by atoms with Gasteiger partial charge in [-0.15, -0.1) is 0 Å². The van der Waals surface area contributed by atoms with Crippen LogP contribution in [-0.4, -0.2) is 45.1 Å². The van der Waals surface area contributed by atoms with E-state index >= 15 is 0 Å². The number of hydrogen-bond donors (Lipinski definition) is 0. The number of rotatable bonds is 5. The van der Waals surface area contributed by atoms with E-state index in [-0.39, 0.29) is 17.0 Å². The maximum absolute atomic E-state index is 13.1. The standard InChI is InChI=1S/C22H26N6O3S/c1-4-27-20-9-8-17(32(30,31)26-10-6-5-7-11-26)12-19(20)24-21(27)14-28-22(29)18(13-23)15(2)16(3)25-28/h8-9,12H,4-7,10-11,14H2,1-3H3. The summed E-state index contributed by atoms with van der Waals surface area (Å²) in [7, 11) is -3.57. The topological polar surface area (TPSA) is 114 Å².